The van der Waals surface area contributed by atoms with Gasteiger partial charge in [-0.25, -0.2) is 9.18 Å². The summed E-state index contributed by atoms with van der Waals surface area (Å²) in [4.78, 5) is 26.5. The first-order chi connectivity index (χ1) is 10.9. The van der Waals surface area contributed by atoms with E-state index in [0.717, 1.165) is 5.56 Å². The normalized spacial score (nSPS) is 22.0. The fourth-order valence-corrected chi connectivity index (χ4v) is 2.84. The van der Waals surface area contributed by atoms with Crippen molar-refractivity contribution < 1.29 is 19.1 Å². The van der Waals surface area contributed by atoms with Gasteiger partial charge in [0.05, 0.1) is 0 Å². The van der Waals surface area contributed by atoms with Gasteiger partial charge in [0.1, 0.15) is 12.4 Å². The van der Waals surface area contributed by atoms with Crippen LogP contribution >= 0.6 is 0 Å². The van der Waals surface area contributed by atoms with Gasteiger partial charge in [-0.1, -0.05) is 12.1 Å². The van der Waals surface area contributed by atoms with Gasteiger partial charge in [-0.2, -0.15) is 0 Å². The molecule has 0 aliphatic carbocycles. The monoisotopic (exact) mass is 323 g/mol. The molecule has 2 atom stereocenters. The second kappa shape index (κ2) is 7.41. The molecular formula is C16H22FN3O3. The molecule has 6 nitrogen and oxygen atoms in total. The van der Waals surface area contributed by atoms with Crippen LogP contribution in [0.25, 0.3) is 0 Å². The summed E-state index contributed by atoms with van der Waals surface area (Å²) < 4.78 is 13.0. The van der Waals surface area contributed by atoms with Crippen LogP contribution in [0.5, 0.6) is 0 Å². The number of piperazine rings is 1. The molecule has 2 N–H and O–H groups in total. The second-order valence-electron chi connectivity index (χ2n) is 5.96. The molecule has 1 fully saturated rings. The lowest BCUT2D eigenvalue weighted by Crippen LogP contribution is -2.59. The molecular weight excluding hydrogens is 301 g/mol. The van der Waals surface area contributed by atoms with Crippen LogP contribution in [0.4, 0.5) is 9.18 Å². The number of carbonyl (C=O) groups excluding carboxylic acids is 1. The molecule has 0 saturated carbocycles. The van der Waals surface area contributed by atoms with E-state index in [4.69, 9.17) is 5.11 Å². The SMILES string of the molecule is C[C@@H]1CN(Cc2ccc(F)cc2)[C@@H](C)CN1C(=O)CNC(=O)O. The van der Waals surface area contributed by atoms with Crippen molar-refractivity contribution in [3.05, 3.63) is 35.6 Å². The van der Waals surface area contributed by atoms with Crippen LogP contribution in [0.15, 0.2) is 24.3 Å². The fraction of sp³-hybridized carbons (Fsp3) is 0.500. The Morgan fingerprint density at radius 3 is 2.48 bits per heavy atom. The predicted molar refractivity (Wildman–Crippen MR) is 83.5 cm³/mol. The molecule has 0 aromatic heterocycles. The van der Waals surface area contributed by atoms with Gasteiger partial charge in [-0.05, 0) is 31.5 Å². The standard InChI is InChI=1S/C16H22FN3O3/c1-11-9-20(15(21)7-18-16(22)23)12(2)8-19(11)10-13-3-5-14(17)6-4-13/h3-6,11-12,18H,7-10H2,1-2H3,(H,22,23)/t11-,12+/m0/s1. The maximum Gasteiger partial charge on any atom is 0.405 e. The van der Waals surface area contributed by atoms with Crippen molar-refractivity contribution in [2.24, 2.45) is 0 Å². The zero-order valence-electron chi connectivity index (χ0n) is 13.3. The number of amides is 2. The van der Waals surface area contributed by atoms with Crippen LogP contribution < -0.4 is 5.32 Å². The van der Waals surface area contributed by atoms with Crippen LogP contribution in [-0.4, -0.2) is 58.6 Å². The number of hydrogen-bond acceptors (Lipinski definition) is 3. The van der Waals surface area contributed by atoms with E-state index in [1.807, 2.05) is 13.8 Å². The summed E-state index contributed by atoms with van der Waals surface area (Å²) in [6.45, 7) is 5.70. The third-order valence-electron chi connectivity index (χ3n) is 4.13. The summed E-state index contributed by atoms with van der Waals surface area (Å²) in [6.07, 6.45) is -1.20. The van der Waals surface area contributed by atoms with Gasteiger partial charge in [0.2, 0.25) is 5.91 Å². The Hall–Kier alpha value is -2.15. The minimum Gasteiger partial charge on any atom is -0.465 e. The molecule has 7 heteroatoms. The van der Waals surface area contributed by atoms with E-state index in [1.165, 1.54) is 12.1 Å². The van der Waals surface area contributed by atoms with E-state index in [2.05, 4.69) is 10.2 Å². The maximum absolute atomic E-state index is 13.0. The van der Waals surface area contributed by atoms with Crippen LogP contribution in [0.2, 0.25) is 0 Å². The van der Waals surface area contributed by atoms with Gasteiger partial charge in [-0.3, -0.25) is 9.69 Å². The van der Waals surface area contributed by atoms with E-state index < -0.39 is 6.09 Å². The summed E-state index contributed by atoms with van der Waals surface area (Å²) in [7, 11) is 0. The molecule has 0 unspecified atom stereocenters. The van der Waals surface area contributed by atoms with Gasteiger partial charge >= 0.3 is 6.09 Å². The lowest BCUT2D eigenvalue weighted by atomic mass is 10.1. The van der Waals surface area contributed by atoms with Crippen molar-refractivity contribution in [1.82, 2.24) is 15.1 Å². The van der Waals surface area contributed by atoms with Crippen molar-refractivity contribution >= 4 is 12.0 Å². The number of carboxylic acid groups (broad SMARTS) is 1. The van der Waals surface area contributed by atoms with Crippen molar-refractivity contribution in [3.8, 4) is 0 Å². The molecule has 2 rings (SSSR count). The Kier molecular flexibility index (Phi) is 5.54. The fourth-order valence-electron chi connectivity index (χ4n) is 2.84. The van der Waals surface area contributed by atoms with Crippen molar-refractivity contribution in [1.29, 1.82) is 0 Å². The maximum atomic E-state index is 13.0. The topological polar surface area (TPSA) is 72.9 Å². The highest BCUT2D eigenvalue weighted by molar-refractivity contribution is 5.82. The Morgan fingerprint density at radius 1 is 1.22 bits per heavy atom. The number of carbonyl (C=O) groups is 2. The molecule has 0 bridgehead atoms. The number of benzene rings is 1. The summed E-state index contributed by atoms with van der Waals surface area (Å²) in [5.41, 5.74) is 1.03. The Labute approximate surface area is 134 Å². The number of hydrogen-bond donors (Lipinski definition) is 2. The van der Waals surface area contributed by atoms with Crippen molar-refractivity contribution in [3.63, 3.8) is 0 Å². The molecule has 23 heavy (non-hydrogen) atoms. The first-order valence-electron chi connectivity index (χ1n) is 7.61. The molecule has 0 spiro atoms. The summed E-state index contributed by atoms with van der Waals surface area (Å²) >= 11 is 0. The third-order valence-corrected chi connectivity index (χ3v) is 4.13. The van der Waals surface area contributed by atoms with E-state index in [1.54, 1.807) is 17.0 Å². The number of halogens is 1. The highest BCUT2D eigenvalue weighted by atomic mass is 19.1. The molecule has 1 aliphatic heterocycles. The zero-order valence-corrected chi connectivity index (χ0v) is 13.3. The highest BCUT2D eigenvalue weighted by Gasteiger charge is 2.31. The lowest BCUT2D eigenvalue weighted by molar-refractivity contribution is -0.136. The van der Waals surface area contributed by atoms with Crippen molar-refractivity contribution in [2.75, 3.05) is 19.6 Å². The number of nitrogens with zero attached hydrogens (tertiary/aromatic N) is 2. The van der Waals surface area contributed by atoms with E-state index >= 15 is 0 Å². The zero-order chi connectivity index (χ0) is 17.0. The number of nitrogens with one attached hydrogen (secondary N) is 1. The summed E-state index contributed by atoms with van der Waals surface area (Å²) in [5, 5.41) is 10.7. The van der Waals surface area contributed by atoms with Crippen molar-refractivity contribution in [2.45, 2.75) is 32.5 Å². The lowest BCUT2D eigenvalue weighted by Gasteiger charge is -2.44. The Balaban J connectivity index is 1.94. The average molecular weight is 323 g/mol. The number of rotatable bonds is 4. The minimum atomic E-state index is -1.20. The third kappa shape index (κ3) is 4.66. The molecule has 1 aliphatic rings. The predicted octanol–water partition coefficient (Wildman–Crippen LogP) is 1.51. The molecule has 2 amide bonds. The molecule has 1 saturated heterocycles. The minimum absolute atomic E-state index is 0.00487. The average Bonchev–Trinajstić information content (AvgIpc) is 2.50. The van der Waals surface area contributed by atoms with E-state index in [9.17, 15) is 14.0 Å². The molecule has 126 valence electrons. The van der Waals surface area contributed by atoms with Gasteiger partial charge in [-0.15, -0.1) is 0 Å². The molecule has 1 heterocycles. The Bertz CT molecular complexity index is 564. The van der Waals surface area contributed by atoms with Crippen LogP contribution in [0.3, 0.4) is 0 Å². The molecule has 0 radical (unpaired) electrons. The Morgan fingerprint density at radius 2 is 1.87 bits per heavy atom. The van der Waals surface area contributed by atoms with Crippen LogP contribution in [0, 0.1) is 5.82 Å². The first-order valence-corrected chi connectivity index (χ1v) is 7.61. The smallest absolute Gasteiger partial charge is 0.405 e. The van der Waals surface area contributed by atoms with Gasteiger partial charge in [0.25, 0.3) is 0 Å². The summed E-state index contributed by atoms with van der Waals surface area (Å²) in [5.74, 6) is -0.468. The summed E-state index contributed by atoms with van der Waals surface area (Å²) in [6, 6.07) is 6.56. The van der Waals surface area contributed by atoms with Crippen LogP contribution in [0.1, 0.15) is 19.4 Å². The molecule has 1 aromatic rings. The van der Waals surface area contributed by atoms with Gasteiger partial charge in [0, 0.05) is 31.7 Å². The highest BCUT2D eigenvalue weighted by Crippen LogP contribution is 2.18. The largest absolute Gasteiger partial charge is 0.465 e. The van der Waals surface area contributed by atoms with Crippen LogP contribution in [-0.2, 0) is 11.3 Å². The second-order valence-corrected chi connectivity index (χ2v) is 5.96. The van der Waals surface area contributed by atoms with Gasteiger partial charge < -0.3 is 15.3 Å². The quantitative estimate of drug-likeness (QED) is 0.881. The van der Waals surface area contributed by atoms with Gasteiger partial charge in [0.15, 0.2) is 0 Å². The molecule has 1 aromatic carbocycles. The van der Waals surface area contributed by atoms with E-state index in [0.29, 0.717) is 19.6 Å². The first kappa shape index (κ1) is 17.2. The van der Waals surface area contributed by atoms with E-state index in [-0.39, 0.29) is 30.4 Å².